The second-order valence-corrected chi connectivity index (χ2v) is 6.69. The molecule has 0 heterocycles. The van der Waals surface area contributed by atoms with Crippen LogP contribution in [0.4, 0.5) is 5.69 Å². The van der Waals surface area contributed by atoms with Gasteiger partial charge in [-0.25, -0.2) is 0 Å². The van der Waals surface area contributed by atoms with Crippen molar-refractivity contribution in [2.24, 2.45) is 0 Å². The van der Waals surface area contributed by atoms with Gasteiger partial charge in [-0.15, -0.1) is 0 Å². The van der Waals surface area contributed by atoms with Crippen LogP contribution in [0.5, 0.6) is 0 Å². The van der Waals surface area contributed by atoms with Crippen LogP contribution in [0.25, 0.3) is 11.1 Å². The van der Waals surface area contributed by atoms with E-state index in [4.69, 9.17) is 0 Å². The van der Waals surface area contributed by atoms with Gasteiger partial charge in [-0.2, -0.15) is 0 Å². The zero-order valence-corrected chi connectivity index (χ0v) is 15.3. The van der Waals surface area contributed by atoms with E-state index in [1.165, 1.54) is 33.5 Å². The zero-order chi connectivity index (χ0) is 17.5. The molecular weight excluding hydrogens is 302 g/mol. The molecule has 0 radical (unpaired) electrons. The van der Waals surface area contributed by atoms with Crippen molar-refractivity contribution in [1.82, 2.24) is 0 Å². The van der Waals surface area contributed by atoms with Crippen LogP contribution in [0, 0.1) is 6.92 Å². The summed E-state index contributed by atoms with van der Waals surface area (Å²) < 4.78 is 0. The highest BCUT2D eigenvalue weighted by atomic mass is 14.9. The molecule has 0 atom stereocenters. The summed E-state index contributed by atoms with van der Waals surface area (Å²) in [5.74, 6) is 0. The van der Waals surface area contributed by atoms with Gasteiger partial charge in [-0.3, -0.25) is 0 Å². The molecule has 0 aliphatic carbocycles. The van der Waals surface area contributed by atoms with Crippen molar-refractivity contribution >= 4 is 5.69 Å². The van der Waals surface area contributed by atoms with E-state index in [0.717, 1.165) is 25.8 Å². The van der Waals surface area contributed by atoms with E-state index >= 15 is 0 Å². The third-order valence-corrected chi connectivity index (χ3v) is 4.57. The molecule has 3 rings (SSSR count). The summed E-state index contributed by atoms with van der Waals surface area (Å²) in [7, 11) is 0. The molecule has 1 heteroatoms. The second-order valence-electron chi connectivity index (χ2n) is 6.69. The van der Waals surface area contributed by atoms with E-state index in [2.05, 4.69) is 92.0 Å². The highest BCUT2D eigenvalue weighted by molar-refractivity contribution is 5.63. The summed E-state index contributed by atoms with van der Waals surface area (Å²) in [5, 5.41) is 3.42. The Morgan fingerprint density at radius 3 is 1.64 bits per heavy atom. The van der Waals surface area contributed by atoms with Gasteiger partial charge in [0.05, 0.1) is 0 Å². The van der Waals surface area contributed by atoms with Gasteiger partial charge in [-0.05, 0) is 60.6 Å². The molecule has 25 heavy (non-hydrogen) atoms. The van der Waals surface area contributed by atoms with Crippen LogP contribution in [-0.4, -0.2) is 6.54 Å². The molecule has 0 saturated carbocycles. The van der Waals surface area contributed by atoms with Gasteiger partial charge in [0.1, 0.15) is 0 Å². The Morgan fingerprint density at radius 2 is 1.12 bits per heavy atom. The minimum Gasteiger partial charge on any atom is -0.385 e. The maximum absolute atomic E-state index is 3.42. The quantitative estimate of drug-likeness (QED) is 0.538. The highest BCUT2D eigenvalue weighted by Gasteiger charge is 2.00. The van der Waals surface area contributed by atoms with Gasteiger partial charge in [-0.1, -0.05) is 73.2 Å². The molecule has 3 aromatic rings. The van der Waals surface area contributed by atoms with Gasteiger partial charge in [0.15, 0.2) is 0 Å². The van der Waals surface area contributed by atoms with E-state index in [-0.39, 0.29) is 0 Å². The van der Waals surface area contributed by atoms with Gasteiger partial charge in [0.25, 0.3) is 0 Å². The Balaban J connectivity index is 1.57. The SMILES string of the molecule is CCCNc1ccc(CCc2ccc(-c3ccc(C)cc3)cc2)cc1. The molecule has 1 N–H and O–H groups in total. The average molecular weight is 329 g/mol. The van der Waals surface area contributed by atoms with Crippen molar-refractivity contribution in [3.63, 3.8) is 0 Å². The Bertz CT molecular complexity index is 768. The fourth-order valence-corrected chi connectivity index (χ4v) is 2.96. The third-order valence-electron chi connectivity index (χ3n) is 4.57. The summed E-state index contributed by atoms with van der Waals surface area (Å²) >= 11 is 0. The topological polar surface area (TPSA) is 12.0 Å². The summed E-state index contributed by atoms with van der Waals surface area (Å²) in [6, 6.07) is 26.5. The first-order valence-electron chi connectivity index (χ1n) is 9.23. The zero-order valence-electron chi connectivity index (χ0n) is 15.3. The molecule has 3 aromatic carbocycles. The van der Waals surface area contributed by atoms with Crippen molar-refractivity contribution in [1.29, 1.82) is 0 Å². The largest absolute Gasteiger partial charge is 0.385 e. The molecule has 0 spiro atoms. The molecule has 0 amide bonds. The molecular formula is C24H27N. The molecule has 128 valence electrons. The van der Waals surface area contributed by atoms with Gasteiger partial charge < -0.3 is 5.32 Å². The monoisotopic (exact) mass is 329 g/mol. The molecule has 0 aromatic heterocycles. The van der Waals surface area contributed by atoms with E-state index in [1.807, 2.05) is 0 Å². The minimum atomic E-state index is 1.03. The fraction of sp³-hybridized carbons (Fsp3) is 0.250. The third kappa shape index (κ3) is 4.96. The van der Waals surface area contributed by atoms with E-state index < -0.39 is 0 Å². The van der Waals surface area contributed by atoms with E-state index in [0.29, 0.717) is 0 Å². The first-order valence-corrected chi connectivity index (χ1v) is 9.23. The van der Waals surface area contributed by atoms with Crippen LogP contribution in [0.2, 0.25) is 0 Å². The van der Waals surface area contributed by atoms with Crippen molar-refractivity contribution in [3.8, 4) is 11.1 Å². The second kappa shape index (κ2) is 8.53. The molecule has 0 saturated heterocycles. The van der Waals surface area contributed by atoms with E-state index in [9.17, 15) is 0 Å². The van der Waals surface area contributed by atoms with E-state index in [1.54, 1.807) is 0 Å². The summed E-state index contributed by atoms with van der Waals surface area (Å²) in [5.41, 5.74) is 7.88. The predicted molar refractivity (Wildman–Crippen MR) is 109 cm³/mol. The molecule has 0 aliphatic rings. The predicted octanol–water partition coefficient (Wildman–Crippen LogP) is 6.27. The minimum absolute atomic E-state index is 1.03. The number of hydrogen-bond acceptors (Lipinski definition) is 1. The normalized spacial score (nSPS) is 10.6. The number of rotatable bonds is 7. The van der Waals surface area contributed by atoms with Gasteiger partial charge in [0.2, 0.25) is 0 Å². The highest BCUT2D eigenvalue weighted by Crippen LogP contribution is 2.21. The van der Waals surface area contributed by atoms with Gasteiger partial charge >= 0.3 is 0 Å². The fourth-order valence-electron chi connectivity index (χ4n) is 2.96. The lowest BCUT2D eigenvalue weighted by atomic mass is 10.00. The Hall–Kier alpha value is -2.54. The Morgan fingerprint density at radius 1 is 0.640 bits per heavy atom. The van der Waals surface area contributed by atoms with Crippen LogP contribution in [0.3, 0.4) is 0 Å². The Labute approximate surface area is 151 Å². The number of aryl methyl sites for hydroxylation is 3. The van der Waals surface area contributed by atoms with Crippen molar-refractivity contribution in [3.05, 3.63) is 89.5 Å². The average Bonchev–Trinajstić information content (AvgIpc) is 2.67. The molecule has 0 aliphatic heterocycles. The van der Waals surface area contributed by atoms with Crippen molar-refractivity contribution in [2.75, 3.05) is 11.9 Å². The van der Waals surface area contributed by atoms with Gasteiger partial charge in [0, 0.05) is 12.2 Å². The summed E-state index contributed by atoms with van der Waals surface area (Å²) in [6.07, 6.45) is 3.31. The molecule has 0 fully saturated rings. The number of anilines is 1. The Kier molecular flexibility index (Phi) is 5.90. The maximum Gasteiger partial charge on any atom is 0.0340 e. The lowest BCUT2D eigenvalue weighted by molar-refractivity contribution is 0.957. The first-order chi connectivity index (χ1) is 12.2. The lowest BCUT2D eigenvalue weighted by Crippen LogP contribution is -1.99. The van der Waals surface area contributed by atoms with Crippen molar-refractivity contribution < 1.29 is 0 Å². The standard InChI is InChI=1S/C24H27N/c1-3-18-25-24-16-10-21(11-17-24)7-6-20-8-14-23(15-9-20)22-12-4-19(2)5-13-22/h4-5,8-17,25H,3,6-7,18H2,1-2H3. The smallest absolute Gasteiger partial charge is 0.0340 e. The summed E-state index contributed by atoms with van der Waals surface area (Å²) in [4.78, 5) is 0. The molecule has 1 nitrogen and oxygen atoms in total. The first kappa shape index (κ1) is 17.3. The van der Waals surface area contributed by atoms with Crippen molar-refractivity contribution in [2.45, 2.75) is 33.1 Å². The maximum atomic E-state index is 3.42. The summed E-state index contributed by atoms with van der Waals surface area (Å²) in [6.45, 7) is 5.34. The van der Waals surface area contributed by atoms with Crippen LogP contribution in [0.1, 0.15) is 30.0 Å². The number of nitrogens with one attached hydrogen (secondary N) is 1. The molecule has 0 bridgehead atoms. The van der Waals surface area contributed by atoms with Crippen LogP contribution in [0.15, 0.2) is 72.8 Å². The lowest BCUT2D eigenvalue weighted by Gasteiger charge is -2.07. The van der Waals surface area contributed by atoms with Crippen LogP contribution in [-0.2, 0) is 12.8 Å². The van der Waals surface area contributed by atoms with Crippen LogP contribution < -0.4 is 5.32 Å². The van der Waals surface area contributed by atoms with Crippen LogP contribution >= 0.6 is 0 Å². The molecule has 0 unspecified atom stereocenters. The number of hydrogen-bond donors (Lipinski definition) is 1. The number of benzene rings is 3.